The van der Waals surface area contributed by atoms with Gasteiger partial charge in [0.2, 0.25) is 0 Å². The predicted molar refractivity (Wildman–Crippen MR) is 130 cm³/mol. The van der Waals surface area contributed by atoms with Gasteiger partial charge in [-0.2, -0.15) is 0 Å². The van der Waals surface area contributed by atoms with Gasteiger partial charge in [0.1, 0.15) is 5.75 Å². The molecule has 164 valence electrons. The number of unbranched alkanes of at least 4 members (excludes halogenated alkanes) is 6. The molecule has 0 spiro atoms. The zero-order valence-corrected chi connectivity index (χ0v) is 19.1. The summed E-state index contributed by atoms with van der Waals surface area (Å²) in [7, 11) is 0. The Balaban J connectivity index is 1.53. The summed E-state index contributed by atoms with van der Waals surface area (Å²) in [5, 5.41) is 0. The van der Waals surface area contributed by atoms with Crippen LogP contribution < -0.4 is 4.74 Å². The monoisotopic (exact) mass is 416 g/mol. The molecule has 0 N–H and O–H groups in total. The molecule has 2 heterocycles. The van der Waals surface area contributed by atoms with Crippen molar-refractivity contribution in [1.29, 1.82) is 0 Å². The summed E-state index contributed by atoms with van der Waals surface area (Å²) in [6, 6.07) is 16.8. The van der Waals surface area contributed by atoms with E-state index in [9.17, 15) is 0 Å². The fourth-order valence-corrected chi connectivity index (χ4v) is 3.65. The lowest BCUT2D eigenvalue weighted by atomic mass is 10.1. The molecular formula is C28H36N2O. The van der Waals surface area contributed by atoms with Crippen LogP contribution in [0.25, 0.3) is 22.4 Å². The van der Waals surface area contributed by atoms with Crippen LogP contribution in [0.15, 0.2) is 60.9 Å². The first kappa shape index (κ1) is 23.0. The molecule has 3 rings (SSSR count). The van der Waals surface area contributed by atoms with Gasteiger partial charge >= 0.3 is 0 Å². The lowest BCUT2D eigenvalue weighted by Gasteiger charge is -2.08. The van der Waals surface area contributed by atoms with Gasteiger partial charge in [-0.3, -0.25) is 9.97 Å². The van der Waals surface area contributed by atoms with Crippen molar-refractivity contribution in [3.8, 4) is 28.1 Å². The van der Waals surface area contributed by atoms with Crippen molar-refractivity contribution < 1.29 is 4.74 Å². The molecule has 0 radical (unpaired) electrons. The molecule has 0 bridgehead atoms. The van der Waals surface area contributed by atoms with E-state index >= 15 is 0 Å². The van der Waals surface area contributed by atoms with E-state index < -0.39 is 0 Å². The average molecular weight is 417 g/mol. The van der Waals surface area contributed by atoms with Crippen LogP contribution in [0.3, 0.4) is 0 Å². The molecule has 3 heteroatoms. The summed E-state index contributed by atoms with van der Waals surface area (Å²) in [5.74, 6) is 0.936. The van der Waals surface area contributed by atoms with Crippen LogP contribution in [0.4, 0.5) is 0 Å². The van der Waals surface area contributed by atoms with Gasteiger partial charge in [-0.1, -0.05) is 70.6 Å². The summed E-state index contributed by atoms with van der Waals surface area (Å²) < 4.78 is 5.84. The van der Waals surface area contributed by atoms with E-state index in [1.165, 1.54) is 50.6 Å². The molecule has 0 atom stereocenters. The maximum Gasteiger partial charge on any atom is 0.119 e. The highest BCUT2D eigenvalue weighted by Gasteiger charge is 2.04. The van der Waals surface area contributed by atoms with Crippen molar-refractivity contribution in [3.05, 3.63) is 66.6 Å². The lowest BCUT2D eigenvalue weighted by molar-refractivity contribution is 0.305. The third-order valence-electron chi connectivity index (χ3n) is 5.62. The first-order chi connectivity index (χ1) is 15.3. The highest BCUT2D eigenvalue weighted by Crippen LogP contribution is 2.24. The summed E-state index contributed by atoms with van der Waals surface area (Å²) >= 11 is 0. The highest BCUT2D eigenvalue weighted by molar-refractivity contribution is 5.67. The molecule has 3 aromatic rings. The number of hydrogen-bond donors (Lipinski definition) is 0. The minimum absolute atomic E-state index is 0.793. The van der Waals surface area contributed by atoms with Crippen LogP contribution in [0.1, 0.15) is 70.9 Å². The Hall–Kier alpha value is -2.68. The molecule has 31 heavy (non-hydrogen) atoms. The van der Waals surface area contributed by atoms with E-state index in [1.807, 2.05) is 24.5 Å². The van der Waals surface area contributed by atoms with Crippen molar-refractivity contribution in [2.75, 3.05) is 6.61 Å². The number of benzene rings is 1. The zero-order chi connectivity index (χ0) is 21.7. The van der Waals surface area contributed by atoms with E-state index in [2.05, 4.69) is 60.2 Å². The van der Waals surface area contributed by atoms with Gasteiger partial charge in [-0.15, -0.1) is 0 Å². The Morgan fingerprint density at radius 1 is 0.613 bits per heavy atom. The molecule has 2 aromatic heterocycles. The van der Waals surface area contributed by atoms with Crippen molar-refractivity contribution >= 4 is 0 Å². The molecule has 0 aliphatic carbocycles. The van der Waals surface area contributed by atoms with Crippen molar-refractivity contribution in [2.24, 2.45) is 0 Å². The molecule has 0 amide bonds. The normalized spacial score (nSPS) is 10.9. The summed E-state index contributed by atoms with van der Waals surface area (Å²) in [5.41, 5.74) is 5.46. The third-order valence-corrected chi connectivity index (χ3v) is 5.62. The van der Waals surface area contributed by atoms with Gasteiger partial charge in [0.05, 0.1) is 12.3 Å². The second kappa shape index (κ2) is 12.9. The van der Waals surface area contributed by atoms with E-state index in [-0.39, 0.29) is 0 Å². The van der Waals surface area contributed by atoms with Crippen molar-refractivity contribution in [3.63, 3.8) is 0 Å². The molecule has 0 fully saturated rings. The smallest absolute Gasteiger partial charge is 0.119 e. The first-order valence-corrected chi connectivity index (χ1v) is 11.9. The molecule has 0 saturated carbocycles. The second-order valence-corrected chi connectivity index (χ2v) is 8.21. The van der Waals surface area contributed by atoms with Crippen LogP contribution >= 0.6 is 0 Å². The largest absolute Gasteiger partial charge is 0.494 e. The van der Waals surface area contributed by atoms with E-state index in [4.69, 9.17) is 4.74 Å². The zero-order valence-electron chi connectivity index (χ0n) is 19.1. The van der Waals surface area contributed by atoms with Crippen LogP contribution in [0.2, 0.25) is 0 Å². The Morgan fingerprint density at radius 3 is 1.94 bits per heavy atom. The van der Waals surface area contributed by atoms with Gasteiger partial charge in [0, 0.05) is 29.2 Å². The van der Waals surface area contributed by atoms with Gasteiger partial charge in [-0.25, -0.2) is 0 Å². The highest BCUT2D eigenvalue weighted by atomic mass is 16.5. The average Bonchev–Trinajstić information content (AvgIpc) is 2.83. The minimum atomic E-state index is 0.793. The topological polar surface area (TPSA) is 35.0 Å². The van der Waals surface area contributed by atoms with Gasteiger partial charge in [-0.05, 0) is 55.2 Å². The van der Waals surface area contributed by atoms with Crippen LogP contribution in [-0.2, 0) is 6.42 Å². The molecular weight excluding hydrogens is 380 g/mol. The predicted octanol–water partition coefficient (Wildman–Crippen LogP) is 7.89. The number of aryl methyl sites for hydroxylation is 1. The molecule has 0 aliphatic heterocycles. The Kier molecular flexibility index (Phi) is 9.56. The molecule has 0 aliphatic rings. The third kappa shape index (κ3) is 7.50. The summed E-state index contributed by atoms with van der Waals surface area (Å²) in [4.78, 5) is 9.30. The van der Waals surface area contributed by atoms with E-state index in [0.29, 0.717) is 0 Å². The first-order valence-electron chi connectivity index (χ1n) is 11.9. The van der Waals surface area contributed by atoms with Gasteiger partial charge in [0.25, 0.3) is 0 Å². The maximum absolute atomic E-state index is 5.84. The van der Waals surface area contributed by atoms with Crippen LogP contribution in [0.5, 0.6) is 5.75 Å². The van der Waals surface area contributed by atoms with Crippen LogP contribution in [-0.4, -0.2) is 16.6 Å². The van der Waals surface area contributed by atoms with E-state index in [1.54, 1.807) is 0 Å². The number of hydrogen-bond acceptors (Lipinski definition) is 3. The summed E-state index contributed by atoms with van der Waals surface area (Å²) in [6.45, 7) is 5.26. The van der Waals surface area contributed by atoms with E-state index in [0.717, 1.165) is 47.6 Å². The standard InChI is InChI=1S/C28H36N2O/c1-3-5-7-9-11-26-16-12-25(22-29-26)28-19-15-24(21-30-28)23-13-17-27(18-14-23)31-20-10-8-6-4-2/h12-19,21-22H,3-11,20H2,1-2H3. The van der Waals surface area contributed by atoms with Gasteiger partial charge < -0.3 is 4.74 Å². The fraction of sp³-hybridized carbons (Fsp3) is 0.429. The number of rotatable bonds is 13. The van der Waals surface area contributed by atoms with Crippen molar-refractivity contribution in [1.82, 2.24) is 9.97 Å². The molecule has 1 aromatic carbocycles. The number of aromatic nitrogens is 2. The maximum atomic E-state index is 5.84. The van der Waals surface area contributed by atoms with Crippen LogP contribution in [0, 0.1) is 0 Å². The Morgan fingerprint density at radius 2 is 1.29 bits per heavy atom. The summed E-state index contributed by atoms with van der Waals surface area (Å²) in [6.07, 6.45) is 14.9. The Labute approximate surface area is 187 Å². The second-order valence-electron chi connectivity index (χ2n) is 8.21. The quantitative estimate of drug-likeness (QED) is 0.266. The van der Waals surface area contributed by atoms with Gasteiger partial charge in [0.15, 0.2) is 0 Å². The molecule has 0 unspecified atom stereocenters. The number of ether oxygens (including phenoxy) is 1. The van der Waals surface area contributed by atoms with Crippen molar-refractivity contribution in [2.45, 2.75) is 71.6 Å². The lowest BCUT2D eigenvalue weighted by Crippen LogP contribution is -1.97. The molecule has 3 nitrogen and oxygen atoms in total. The minimum Gasteiger partial charge on any atom is -0.494 e. The number of pyridine rings is 2. The Bertz CT molecular complexity index is 870. The SMILES string of the molecule is CCCCCCOc1ccc(-c2ccc(-c3ccc(CCCCCC)nc3)nc2)cc1. The number of nitrogens with zero attached hydrogens (tertiary/aromatic N) is 2. The fourth-order valence-electron chi connectivity index (χ4n) is 3.65. The molecule has 0 saturated heterocycles.